The SMILES string of the molecule is C=C1C(=CC=C2CCC[C@]3(C)C(CC)=CC[C@@H]23)C[C@@](OCC(=O)OC(C(C)(C)C)C(C)(C)C)(O[Si](C)(C)C(C)(C)C)C[C@@H]1O[Si](C)(C)C(C)(C)C. The number of esters is 1. The monoisotopic (exact) mass is 743 g/mol. The molecule has 0 aliphatic heterocycles. The number of fused-ring (bicyclic) bond motifs is 1. The molecule has 0 amide bonds. The van der Waals surface area contributed by atoms with Gasteiger partial charge in [0.05, 0.1) is 6.10 Å². The third-order valence-corrected chi connectivity index (χ3v) is 22.1. The number of hydrogen-bond acceptors (Lipinski definition) is 5. The summed E-state index contributed by atoms with van der Waals surface area (Å²) in [6, 6.07) is 0. The lowest BCUT2D eigenvalue weighted by Crippen LogP contribution is -2.56. The van der Waals surface area contributed by atoms with Gasteiger partial charge in [-0.05, 0) is 102 Å². The summed E-state index contributed by atoms with van der Waals surface area (Å²) < 4.78 is 27.7. The van der Waals surface area contributed by atoms with Crippen LogP contribution in [0, 0.1) is 22.2 Å². The Kier molecular flexibility index (Phi) is 13.1. The Hall–Kier alpha value is -1.26. The van der Waals surface area contributed by atoms with Crippen LogP contribution in [0.1, 0.15) is 142 Å². The van der Waals surface area contributed by atoms with Gasteiger partial charge in [0.15, 0.2) is 22.4 Å². The molecule has 0 unspecified atom stereocenters. The Bertz CT molecular complexity index is 1360. The normalized spacial score (nSPS) is 28.8. The van der Waals surface area contributed by atoms with Crippen molar-refractivity contribution in [1.29, 1.82) is 0 Å². The second kappa shape index (κ2) is 15.1. The first-order valence-corrected chi connectivity index (χ1v) is 25.7. The van der Waals surface area contributed by atoms with Crippen LogP contribution in [0.5, 0.6) is 0 Å². The highest BCUT2D eigenvalue weighted by Gasteiger charge is 2.52. The van der Waals surface area contributed by atoms with Crippen LogP contribution in [-0.2, 0) is 23.1 Å². The Morgan fingerprint density at radius 1 is 0.941 bits per heavy atom. The number of ether oxygens (including phenoxy) is 2. The quantitative estimate of drug-likeness (QED) is 0.0965. The molecule has 0 spiro atoms. The number of allylic oxidation sites excluding steroid dienone is 5. The molecule has 0 radical (unpaired) electrons. The first kappa shape index (κ1) is 44.1. The summed E-state index contributed by atoms with van der Waals surface area (Å²) in [4.78, 5) is 13.7. The van der Waals surface area contributed by atoms with Gasteiger partial charge in [0.2, 0.25) is 0 Å². The van der Waals surface area contributed by atoms with E-state index in [1.54, 1.807) is 5.57 Å². The van der Waals surface area contributed by atoms with Crippen molar-refractivity contribution in [2.24, 2.45) is 22.2 Å². The minimum atomic E-state index is -2.40. The third-order valence-electron chi connectivity index (χ3n) is 13.1. The van der Waals surface area contributed by atoms with E-state index in [4.69, 9.17) is 24.9 Å². The molecule has 51 heavy (non-hydrogen) atoms. The van der Waals surface area contributed by atoms with Gasteiger partial charge < -0.3 is 18.3 Å². The number of carbonyl (C=O) groups is 1. The largest absolute Gasteiger partial charge is 0.460 e. The highest BCUT2D eigenvalue weighted by molar-refractivity contribution is 6.74. The minimum Gasteiger partial charge on any atom is -0.460 e. The van der Waals surface area contributed by atoms with Crippen LogP contribution < -0.4 is 0 Å². The van der Waals surface area contributed by atoms with Crippen LogP contribution >= 0.6 is 0 Å². The van der Waals surface area contributed by atoms with E-state index in [2.05, 4.69) is 141 Å². The molecule has 0 aromatic carbocycles. The van der Waals surface area contributed by atoms with Gasteiger partial charge in [-0.15, -0.1) is 0 Å². The molecule has 4 atom stereocenters. The summed E-state index contributed by atoms with van der Waals surface area (Å²) >= 11 is 0. The first-order valence-electron chi connectivity index (χ1n) is 19.9. The van der Waals surface area contributed by atoms with Crippen LogP contribution in [0.2, 0.25) is 36.3 Å². The summed E-state index contributed by atoms with van der Waals surface area (Å²) in [7, 11) is -4.63. The lowest BCUT2D eigenvalue weighted by molar-refractivity contribution is -0.220. The number of carbonyl (C=O) groups excluding carboxylic acids is 1. The molecule has 0 saturated heterocycles. The molecular formula is C44H78O5Si2. The minimum absolute atomic E-state index is 0.0120. The van der Waals surface area contributed by atoms with Crippen molar-refractivity contribution in [2.75, 3.05) is 6.61 Å². The fourth-order valence-electron chi connectivity index (χ4n) is 8.41. The van der Waals surface area contributed by atoms with Gasteiger partial charge in [-0.2, -0.15) is 0 Å². The van der Waals surface area contributed by atoms with Gasteiger partial charge in [-0.1, -0.05) is 133 Å². The van der Waals surface area contributed by atoms with E-state index in [1.807, 2.05) is 0 Å². The van der Waals surface area contributed by atoms with Gasteiger partial charge in [0.25, 0.3) is 0 Å². The lowest BCUT2D eigenvalue weighted by Gasteiger charge is -2.51. The van der Waals surface area contributed by atoms with Crippen molar-refractivity contribution < 1.29 is 23.1 Å². The fraction of sp³-hybridized carbons (Fsp3) is 0.795. The average Bonchev–Trinajstić information content (AvgIpc) is 3.29. The molecule has 7 heteroatoms. The van der Waals surface area contributed by atoms with Crippen molar-refractivity contribution in [3.63, 3.8) is 0 Å². The highest BCUT2D eigenvalue weighted by Crippen LogP contribution is 2.56. The summed E-state index contributed by atoms with van der Waals surface area (Å²) in [5.74, 6) is -0.874. The van der Waals surface area contributed by atoms with E-state index in [1.165, 1.54) is 18.4 Å². The molecule has 3 aliphatic carbocycles. The predicted molar refractivity (Wildman–Crippen MR) is 221 cm³/mol. The second-order valence-electron chi connectivity index (χ2n) is 21.5. The Morgan fingerprint density at radius 3 is 2.02 bits per heavy atom. The highest BCUT2D eigenvalue weighted by atomic mass is 28.4. The predicted octanol–water partition coefficient (Wildman–Crippen LogP) is 12.9. The van der Waals surface area contributed by atoms with Crippen molar-refractivity contribution in [1.82, 2.24) is 0 Å². The Morgan fingerprint density at radius 2 is 1.51 bits per heavy atom. The lowest BCUT2D eigenvalue weighted by atomic mass is 9.64. The maximum Gasteiger partial charge on any atom is 0.332 e. The summed E-state index contributed by atoms with van der Waals surface area (Å²) in [6.45, 7) is 44.8. The van der Waals surface area contributed by atoms with E-state index in [-0.39, 0.29) is 51.1 Å². The van der Waals surface area contributed by atoms with E-state index >= 15 is 0 Å². The first-order chi connectivity index (χ1) is 22.9. The molecule has 0 bridgehead atoms. The molecule has 3 rings (SSSR count). The zero-order chi connectivity index (χ0) is 39.2. The van der Waals surface area contributed by atoms with Gasteiger partial charge in [0, 0.05) is 12.8 Å². The number of hydrogen-bond donors (Lipinski definition) is 0. The Labute approximate surface area is 316 Å². The summed E-state index contributed by atoms with van der Waals surface area (Å²) in [6.07, 6.45) is 13.5. The van der Waals surface area contributed by atoms with Crippen molar-refractivity contribution >= 4 is 22.6 Å². The molecule has 2 saturated carbocycles. The van der Waals surface area contributed by atoms with E-state index in [0.717, 1.165) is 30.4 Å². The second-order valence-corrected chi connectivity index (χ2v) is 31.0. The van der Waals surface area contributed by atoms with Gasteiger partial charge in [0.1, 0.15) is 12.7 Å². The summed E-state index contributed by atoms with van der Waals surface area (Å²) in [5, 5.41) is -0.0549. The van der Waals surface area contributed by atoms with E-state index in [9.17, 15) is 4.79 Å². The Balaban J connectivity index is 2.12. The fourth-order valence-corrected chi connectivity index (χ4v) is 11.1. The van der Waals surface area contributed by atoms with Gasteiger partial charge in [-0.25, -0.2) is 4.79 Å². The van der Waals surface area contributed by atoms with Crippen LogP contribution in [0.25, 0.3) is 0 Å². The zero-order valence-corrected chi connectivity index (χ0v) is 38.4. The van der Waals surface area contributed by atoms with E-state index < -0.39 is 22.4 Å². The standard InChI is InChI=1S/C44H78O5Si2/c1-20-34-25-26-35-32(22-21-27-43(34,35)15)23-24-33-28-44(49-51(18,19)42(12,13)14,29-36(31(33)2)48-50(16,17)41(9,10)11)46-30-37(45)47-38(39(3,4)5)40(6,7)8/h23-25,35-36,38H,2,20-22,26-30H2,1,3-19H3/t35-,36-,43+,44+/m0/s1. The molecule has 0 aromatic heterocycles. The smallest absolute Gasteiger partial charge is 0.332 e. The third kappa shape index (κ3) is 10.1. The van der Waals surface area contributed by atoms with Crippen molar-refractivity contribution in [3.8, 4) is 0 Å². The summed E-state index contributed by atoms with van der Waals surface area (Å²) in [5.41, 5.74) is 5.07. The molecule has 292 valence electrons. The number of rotatable bonds is 10. The van der Waals surface area contributed by atoms with Gasteiger partial charge >= 0.3 is 5.97 Å². The maximum atomic E-state index is 13.7. The van der Waals surface area contributed by atoms with Crippen molar-refractivity contribution in [2.45, 2.75) is 196 Å². The molecule has 2 fully saturated rings. The van der Waals surface area contributed by atoms with E-state index in [0.29, 0.717) is 18.8 Å². The van der Waals surface area contributed by atoms with Crippen molar-refractivity contribution in [3.05, 3.63) is 47.1 Å². The molecule has 3 aliphatic rings. The van der Waals surface area contributed by atoms with Crippen LogP contribution in [0.4, 0.5) is 0 Å². The zero-order valence-electron chi connectivity index (χ0n) is 36.4. The van der Waals surface area contributed by atoms with Crippen LogP contribution in [-0.4, -0.2) is 47.2 Å². The molecule has 0 aromatic rings. The van der Waals surface area contributed by atoms with Crippen LogP contribution in [0.3, 0.4) is 0 Å². The topological polar surface area (TPSA) is 54.0 Å². The van der Waals surface area contributed by atoms with Crippen LogP contribution in [0.15, 0.2) is 47.1 Å². The van der Waals surface area contributed by atoms with Gasteiger partial charge in [-0.3, -0.25) is 0 Å². The molecule has 0 N–H and O–H groups in total. The molecule has 5 nitrogen and oxygen atoms in total. The maximum absolute atomic E-state index is 13.7. The average molecular weight is 743 g/mol. The molecule has 0 heterocycles. The molecular weight excluding hydrogens is 665 g/mol.